The minimum absolute atomic E-state index is 0.209. The van der Waals surface area contributed by atoms with E-state index < -0.39 is 30.7 Å². The minimum atomic E-state index is -1.10. The maximum absolute atomic E-state index is 11.8. The number of carbonyl (C=O) groups is 1. The highest BCUT2D eigenvalue weighted by atomic mass is 16.5. The highest BCUT2D eigenvalue weighted by molar-refractivity contribution is 5.88. The smallest absolute Gasteiger partial charge is 0.192 e. The van der Waals surface area contributed by atoms with E-state index in [0.29, 0.717) is 6.61 Å². The third-order valence-electron chi connectivity index (χ3n) is 4.95. The summed E-state index contributed by atoms with van der Waals surface area (Å²) in [6.07, 6.45) is -1.49. The molecule has 144 valence electrons. The predicted octanol–water partition coefficient (Wildman–Crippen LogP) is 2.74. The van der Waals surface area contributed by atoms with E-state index >= 15 is 0 Å². The lowest BCUT2D eigenvalue weighted by Crippen LogP contribution is -2.43. The molecule has 3 atom stereocenters. The van der Waals surface area contributed by atoms with Crippen molar-refractivity contribution < 1.29 is 24.5 Å². The van der Waals surface area contributed by atoms with Gasteiger partial charge >= 0.3 is 0 Å². The Morgan fingerprint density at radius 3 is 2.59 bits per heavy atom. The molecule has 3 unspecified atom stereocenters. The van der Waals surface area contributed by atoms with Gasteiger partial charge in [-0.15, -0.1) is 0 Å². The number of ether oxygens (including phenoxy) is 2. The van der Waals surface area contributed by atoms with Crippen LogP contribution >= 0.6 is 0 Å². The Morgan fingerprint density at radius 1 is 1.19 bits per heavy atom. The van der Waals surface area contributed by atoms with Gasteiger partial charge in [-0.3, -0.25) is 4.79 Å². The van der Waals surface area contributed by atoms with Crippen LogP contribution in [0.15, 0.2) is 42.5 Å². The predicted molar refractivity (Wildman–Crippen MR) is 102 cm³/mol. The summed E-state index contributed by atoms with van der Waals surface area (Å²) in [7, 11) is 0. The molecule has 3 rings (SSSR count). The van der Waals surface area contributed by atoms with Crippen molar-refractivity contribution in [1.29, 1.82) is 0 Å². The van der Waals surface area contributed by atoms with Gasteiger partial charge in [0, 0.05) is 6.42 Å². The molecule has 0 aromatic heterocycles. The zero-order valence-corrected chi connectivity index (χ0v) is 15.7. The number of benzene rings is 2. The van der Waals surface area contributed by atoms with E-state index in [-0.39, 0.29) is 6.42 Å². The van der Waals surface area contributed by atoms with Crippen molar-refractivity contribution >= 4 is 5.78 Å². The van der Waals surface area contributed by atoms with Crippen molar-refractivity contribution in [3.63, 3.8) is 0 Å². The Kier molecular flexibility index (Phi) is 6.26. The Labute approximate surface area is 159 Å². The van der Waals surface area contributed by atoms with Crippen LogP contribution in [0.2, 0.25) is 0 Å². The first kappa shape index (κ1) is 19.5. The molecule has 0 aliphatic carbocycles. The summed E-state index contributed by atoms with van der Waals surface area (Å²) in [5.41, 5.74) is 4.41. The Hall–Kier alpha value is -2.21. The summed E-state index contributed by atoms with van der Waals surface area (Å²) in [6.45, 7) is 4.24. The molecule has 0 spiro atoms. The van der Waals surface area contributed by atoms with Crippen molar-refractivity contribution in [3.05, 3.63) is 64.7 Å². The number of ketones is 1. The molecule has 5 nitrogen and oxygen atoms in total. The summed E-state index contributed by atoms with van der Waals surface area (Å²) in [5.74, 6) is 0.409. The van der Waals surface area contributed by atoms with Gasteiger partial charge in [0.2, 0.25) is 0 Å². The monoisotopic (exact) mass is 370 g/mol. The molecule has 5 heteroatoms. The molecule has 0 radical (unpaired) electrons. The SMILES string of the molecule is CCOc1ccc(Cc2cc(C3CC(O)C(=O)C(CO)O3)ccc2C)cc1. The van der Waals surface area contributed by atoms with Gasteiger partial charge in [-0.1, -0.05) is 30.3 Å². The lowest BCUT2D eigenvalue weighted by molar-refractivity contribution is -0.161. The van der Waals surface area contributed by atoms with Crippen molar-refractivity contribution in [1.82, 2.24) is 0 Å². The van der Waals surface area contributed by atoms with Crippen LogP contribution in [-0.4, -0.2) is 41.4 Å². The number of aliphatic hydroxyl groups excluding tert-OH is 2. The van der Waals surface area contributed by atoms with Gasteiger partial charge in [-0.25, -0.2) is 0 Å². The van der Waals surface area contributed by atoms with Crippen LogP contribution in [0.5, 0.6) is 5.75 Å². The molecule has 2 aromatic rings. The van der Waals surface area contributed by atoms with Crippen molar-refractivity contribution in [2.24, 2.45) is 0 Å². The summed E-state index contributed by atoms with van der Waals surface area (Å²) < 4.78 is 11.2. The molecule has 1 aliphatic heterocycles. The Bertz CT molecular complexity index is 784. The average molecular weight is 370 g/mol. The number of Topliss-reactive ketones (excluding diaryl/α,β-unsaturated/α-hetero) is 1. The standard InChI is InChI=1S/C22H26O5/c1-3-26-18-8-5-15(6-9-18)10-17-11-16(7-4-14(17)2)20-12-19(24)22(25)21(13-23)27-20/h4-9,11,19-21,23-24H,3,10,12-13H2,1-2H3. The third kappa shape index (κ3) is 4.56. The van der Waals surface area contributed by atoms with E-state index in [0.717, 1.165) is 23.3 Å². The second-order valence-electron chi connectivity index (χ2n) is 6.89. The van der Waals surface area contributed by atoms with Crippen LogP contribution in [0.3, 0.4) is 0 Å². The summed E-state index contributed by atoms with van der Waals surface area (Å²) in [4.78, 5) is 11.8. The molecule has 1 fully saturated rings. The fraction of sp³-hybridized carbons (Fsp3) is 0.409. The molecule has 0 amide bonds. The van der Waals surface area contributed by atoms with Crippen LogP contribution in [0, 0.1) is 6.92 Å². The van der Waals surface area contributed by atoms with Gasteiger partial charge in [-0.05, 0) is 54.7 Å². The fourth-order valence-electron chi connectivity index (χ4n) is 3.37. The molecule has 1 saturated heterocycles. The molecule has 1 heterocycles. The van der Waals surface area contributed by atoms with E-state index in [1.54, 1.807) is 0 Å². The number of aryl methyl sites for hydroxylation is 1. The van der Waals surface area contributed by atoms with E-state index in [1.165, 1.54) is 11.1 Å². The van der Waals surface area contributed by atoms with Gasteiger partial charge in [0.15, 0.2) is 5.78 Å². The quantitative estimate of drug-likeness (QED) is 0.818. The number of rotatable bonds is 6. The minimum Gasteiger partial charge on any atom is -0.494 e. The third-order valence-corrected chi connectivity index (χ3v) is 4.95. The van der Waals surface area contributed by atoms with Crippen molar-refractivity contribution in [3.8, 4) is 5.75 Å². The number of hydrogen-bond acceptors (Lipinski definition) is 5. The van der Waals surface area contributed by atoms with Crippen LogP contribution in [-0.2, 0) is 16.0 Å². The summed E-state index contributed by atoms with van der Waals surface area (Å²) in [5, 5.41) is 19.3. The van der Waals surface area contributed by atoms with Crippen LogP contribution in [0.4, 0.5) is 0 Å². The van der Waals surface area contributed by atoms with E-state index in [1.807, 2.05) is 31.2 Å². The first-order chi connectivity index (χ1) is 13.0. The molecule has 2 N–H and O–H groups in total. The zero-order chi connectivity index (χ0) is 19.4. The van der Waals surface area contributed by atoms with E-state index in [9.17, 15) is 15.0 Å². The molecule has 2 aromatic carbocycles. The van der Waals surface area contributed by atoms with Gasteiger partial charge in [-0.2, -0.15) is 0 Å². The number of carbonyl (C=O) groups excluding carboxylic acids is 1. The first-order valence-corrected chi connectivity index (χ1v) is 9.31. The lowest BCUT2D eigenvalue weighted by atomic mass is 9.91. The van der Waals surface area contributed by atoms with Gasteiger partial charge < -0.3 is 19.7 Å². The molecular formula is C22H26O5. The molecule has 1 aliphatic rings. The summed E-state index contributed by atoms with van der Waals surface area (Å²) in [6, 6.07) is 14.1. The average Bonchev–Trinajstić information content (AvgIpc) is 2.67. The van der Waals surface area contributed by atoms with Gasteiger partial charge in [0.1, 0.15) is 18.0 Å². The zero-order valence-electron chi connectivity index (χ0n) is 15.7. The van der Waals surface area contributed by atoms with Crippen LogP contribution < -0.4 is 4.74 Å². The Balaban J connectivity index is 1.79. The highest BCUT2D eigenvalue weighted by Crippen LogP contribution is 2.31. The maximum atomic E-state index is 11.8. The Morgan fingerprint density at radius 2 is 1.93 bits per heavy atom. The number of hydrogen-bond donors (Lipinski definition) is 2. The largest absolute Gasteiger partial charge is 0.494 e. The summed E-state index contributed by atoms with van der Waals surface area (Å²) >= 11 is 0. The molecular weight excluding hydrogens is 344 g/mol. The van der Waals surface area contributed by atoms with E-state index in [4.69, 9.17) is 9.47 Å². The number of aliphatic hydroxyl groups is 2. The van der Waals surface area contributed by atoms with Crippen LogP contribution in [0.1, 0.15) is 41.7 Å². The molecule has 27 heavy (non-hydrogen) atoms. The highest BCUT2D eigenvalue weighted by Gasteiger charge is 2.36. The molecule has 0 saturated carbocycles. The second kappa shape index (κ2) is 8.65. The normalized spacial score (nSPS) is 22.7. The lowest BCUT2D eigenvalue weighted by Gasteiger charge is -2.31. The van der Waals surface area contributed by atoms with Crippen molar-refractivity contribution in [2.45, 2.75) is 45.0 Å². The maximum Gasteiger partial charge on any atom is 0.192 e. The van der Waals surface area contributed by atoms with Crippen LogP contribution in [0.25, 0.3) is 0 Å². The van der Waals surface area contributed by atoms with Gasteiger partial charge in [0.05, 0.1) is 19.3 Å². The second-order valence-corrected chi connectivity index (χ2v) is 6.89. The van der Waals surface area contributed by atoms with Gasteiger partial charge in [0.25, 0.3) is 0 Å². The first-order valence-electron chi connectivity index (χ1n) is 9.31. The van der Waals surface area contributed by atoms with Crippen molar-refractivity contribution in [2.75, 3.05) is 13.2 Å². The van der Waals surface area contributed by atoms with E-state index in [2.05, 4.69) is 25.1 Å². The topological polar surface area (TPSA) is 76.0 Å². The fourth-order valence-corrected chi connectivity index (χ4v) is 3.37. The molecule has 0 bridgehead atoms.